The second kappa shape index (κ2) is 5.79. The lowest BCUT2D eigenvalue weighted by Crippen LogP contribution is -2.43. The van der Waals surface area contributed by atoms with Gasteiger partial charge in [-0.1, -0.05) is 0 Å². The van der Waals surface area contributed by atoms with Gasteiger partial charge in [0.15, 0.2) is 0 Å². The molecular weight excluding hydrogens is 264 g/mol. The van der Waals surface area contributed by atoms with Gasteiger partial charge >= 0.3 is 0 Å². The van der Waals surface area contributed by atoms with Gasteiger partial charge in [0, 0.05) is 50.4 Å². The Hall–Kier alpha value is -1.36. The van der Waals surface area contributed by atoms with E-state index in [9.17, 15) is 4.79 Å². The van der Waals surface area contributed by atoms with E-state index in [0.717, 1.165) is 51.9 Å². The standard InChI is InChI=1S/C16H26N4O/c1-3-20-13-14(11-17-20)12-19-9-4-6-16(8-10-19)7-5-15(21)18(16)2/h11,13H,3-10,12H2,1-2H3/t16-/m0/s1. The molecule has 0 N–H and O–H groups in total. The quantitative estimate of drug-likeness (QED) is 0.853. The predicted octanol–water partition coefficient (Wildman–Crippen LogP) is 1.88. The molecule has 5 nitrogen and oxygen atoms in total. The van der Waals surface area contributed by atoms with Gasteiger partial charge in [-0.15, -0.1) is 0 Å². The highest BCUT2D eigenvalue weighted by Gasteiger charge is 2.43. The van der Waals surface area contributed by atoms with Crippen molar-refractivity contribution in [1.29, 1.82) is 0 Å². The Morgan fingerprint density at radius 1 is 1.29 bits per heavy atom. The van der Waals surface area contributed by atoms with Gasteiger partial charge in [0.1, 0.15) is 0 Å². The van der Waals surface area contributed by atoms with Crippen molar-refractivity contribution in [3.8, 4) is 0 Å². The summed E-state index contributed by atoms with van der Waals surface area (Å²) in [6.45, 7) is 6.22. The first-order chi connectivity index (χ1) is 10.1. The van der Waals surface area contributed by atoms with Crippen molar-refractivity contribution in [3.63, 3.8) is 0 Å². The zero-order chi connectivity index (χ0) is 14.9. The van der Waals surface area contributed by atoms with E-state index in [0.29, 0.717) is 5.91 Å². The Kier molecular flexibility index (Phi) is 4.02. The molecule has 5 heteroatoms. The topological polar surface area (TPSA) is 41.4 Å². The van der Waals surface area contributed by atoms with Gasteiger partial charge in [0.25, 0.3) is 0 Å². The number of hydrogen-bond acceptors (Lipinski definition) is 3. The van der Waals surface area contributed by atoms with Crippen molar-refractivity contribution in [2.75, 3.05) is 20.1 Å². The van der Waals surface area contributed by atoms with E-state index in [1.807, 2.05) is 22.8 Å². The fourth-order valence-corrected chi connectivity index (χ4v) is 3.84. The highest BCUT2D eigenvalue weighted by atomic mass is 16.2. The maximum absolute atomic E-state index is 11.9. The fraction of sp³-hybridized carbons (Fsp3) is 0.750. The van der Waals surface area contributed by atoms with Gasteiger partial charge in [-0.25, -0.2) is 0 Å². The highest BCUT2D eigenvalue weighted by molar-refractivity contribution is 5.79. The van der Waals surface area contributed by atoms with Gasteiger partial charge < -0.3 is 4.90 Å². The largest absolute Gasteiger partial charge is 0.340 e. The minimum absolute atomic E-state index is 0.138. The summed E-state index contributed by atoms with van der Waals surface area (Å²) < 4.78 is 1.98. The monoisotopic (exact) mass is 290 g/mol. The molecular formula is C16H26N4O. The van der Waals surface area contributed by atoms with E-state index in [1.165, 1.54) is 12.0 Å². The number of carbonyl (C=O) groups excluding carboxylic acids is 1. The van der Waals surface area contributed by atoms with E-state index in [4.69, 9.17) is 0 Å². The summed E-state index contributed by atoms with van der Waals surface area (Å²) in [7, 11) is 2.00. The normalized spacial score (nSPS) is 27.5. The van der Waals surface area contributed by atoms with Crippen molar-refractivity contribution >= 4 is 5.91 Å². The van der Waals surface area contributed by atoms with Crippen molar-refractivity contribution in [2.24, 2.45) is 0 Å². The first kappa shape index (κ1) is 14.6. The van der Waals surface area contributed by atoms with Crippen LogP contribution >= 0.6 is 0 Å². The number of aromatic nitrogens is 2. The molecule has 1 aromatic heterocycles. The Morgan fingerprint density at radius 3 is 2.81 bits per heavy atom. The lowest BCUT2D eigenvalue weighted by Gasteiger charge is -2.35. The molecule has 116 valence electrons. The molecule has 21 heavy (non-hydrogen) atoms. The van der Waals surface area contributed by atoms with Gasteiger partial charge in [0.05, 0.1) is 6.20 Å². The van der Waals surface area contributed by atoms with E-state index in [-0.39, 0.29) is 5.54 Å². The number of likely N-dealkylation sites (tertiary alicyclic amines) is 2. The molecule has 0 aromatic carbocycles. The summed E-state index contributed by atoms with van der Waals surface area (Å²) in [5.74, 6) is 0.327. The van der Waals surface area contributed by atoms with Crippen molar-refractivity contribution < 1.29 is 4.79 Å². The predicted molar refractivity (Wildman–Crippen MR) is 81.8 cm³/mol. The number of nitrogens with zero attached hydrogens (tertiary/aromatic N) is 4. The van der Waals surface area contributed by atoms with Crippen LogP contribution in [-0.2, 0) is 17.9 Å². The average Bonchev–Trinajstić information content (AvgIpc) is 2.97. The summed E-state index contributed by atoms with van der Waals surface area (Å²) in [4.78, 5) is 16.4. The van der Waals surface area contributed by atoms with Crippen LogP contribution in [0.3, 0.4) is 0 Å². The molecule has 1 amide bonds. The molecule has 0 radical (unpaired) electrons. The zero-order valence-electron chi connectivity index (χ0n) is 13.2. The molecule has 1 aromatic rings. The molecule has 0 aliphatic carbocycles. The number of rotatable bonds is 3. The molecule has 1 atom stereocenters. The third kappa shape index (κ3) is 2.84. The summed E-state index contributed by atoms with van der Waals surface area (Å²) in [5, 5.41) is 4.35. The number of amides is 1. The Labute approximate surface area is 126 Å². The van der Waals surface area contributed by atoms with E-state index in [1.54, 1.807) is 0 Å². The molecule has 0 saturated carbocycles. The SMILES string of the molecule is CCn1cc(CN2CCC[C@]3(CCC(=O)N3C)CC2)cn1. The third-order valence-electron chi connectivity index (χ3n) is 5.32. The minimum Gasteiger partial charge on any atom is -0.340 e. The first-order valence-electron chi connectivity index (χ1n) is 8.13. The summed E-state index contributed by atoms with van der Waals surface area (Å²) >= 11 is 0. The Morgan fingerprint density at radius 2 is 2.14 bits per heavy atom. The number of carbonyl (C=O) groups is 1. The van der Waals surface area contributed by atoms with Crippen molar-refractivity contribution in [1.82, 2.24) is 19.6 Å². The summed E-state index contributed by atoms with van der Waals surface area (Å²) in [6, 6.07) is 0. The molecule has 2 fully saturated rings. The number of hydrogen-bond donors (Lipinski definition) is 0. The van der Waals surface area contributed by atoms with E-state index >= 15 is 0 Å². The first-order valence-corrected chi connectivity index (χ1v) is 8.13. The second-order valence-corrected chi connectivity index (χ2v) is 6.51. The highest BCUT2D eigenvalue weighted by Crippen LogP contribution is 2.38. The third-order valence-corrected chi connectivity index (χ3v) is 5.32. The van der Waals surface area contributed by atoms with E-state index < -0.39 is 0 Å². The van der Waals surface area contributed by atoms with Crippen LogP contribution in [-0.4, -0.2) is 51.2 Å². The maximum atomic E-state index is 11.9. The molecule has 2 aliphatic rings. The Bertz CT molecular complexity index is 512. The molecule has 3 heterocycles. The molecule has 3 rings (SSSR count). The van der Waals surface area contributed by atoms with E-state index in [2.05, 4.69) is 23.1 Å². The van der Waals surface area contributed by atoms with Crippen LogP contribution < -0.4 is 0 Å². The smallest absolute Gasteiger partial charge is 0.222 e. The molecule has 0 bridgehead atoms. The van der Waals surface area contributed by atoms with Gasteiger partial charge in [0.2, 0.25) is 5.91 Å². The lowest BCUT2D eigenvalue weighted by molar-refractivity contribution is -0.129. The molecule has 1 spiro atoms. The van der Waals surface area contributed by atoms with Crippen LogP contribution in [0.5, 0.6) is 0 Å². The molecule has 2 saturated heterocycles. The second-order valence-electron chi connectivity index (χ2n) is 6.51. The van der Waals surface area contributed by atoms with Crippen LogP contribution in [0.25, 0.3) is 0 Å². The number of aryl methyl sites for hydroxylation is 1. The van der Waals surface area contributed by atoms with Crippen LogP contribution in [0.1, 0.15) is 44.6 Å². The van der Waals surface area contributed by atoms with Gasteiger partial charge in [-0.05, 0) is 39.2 Å². The molecule has 2 aliphatic heterocycles. The van der Waals surface area contributed by atoms with Gasteiger partial charge in [-0.2, -0.15) is 5.10 Å². The summed E-state index contributed by atoms with van der Waals surface area (Å²) in [6.07, 6.45) is 9.35. The van der Waals surface area contributed by atoms with Crippen LogP contribution in [0.4, 0.5) is 0 Å². The maximum Gasteiger partial charge on any atom is 0.222 e. The summed E-state index contributed by atoms with van der Waals surface area (Å²) in [5.41, 5.74) is 1.43. The Balaban J connectivity index is 1.62. The van der Waals surface area contributed by atoms with Gasteiger partial charge in [-0.3, -0.25) is 14.4 Å². The average molecular weight is 290 g/mol. The van der Waals surface area contributed by atoms with Crippen molar-refractivity contribution in [3.05, 3.63) is 18.0 Å². The van der Waals surface area contributed by atoms with Crippen LogP contribution in [0, 0.1) is 0 Å². The van der Waals surface area contributed by atoms with Crippen LogP contribution in [0.2, 0.25) is 0 Å². The fourth-order valence-electron chi connectivity index (χ4n) is 3.84. The lowest BCUT2D eigenvalue weighted by atomic mass is 9.88. The minimum atomic E-state index is 0.138. The van der Waals surface area contributed by atoms with Crippen molar-refractivity contribution in [2.45, 2.75) is 57.7 Å². The van der Waals surface area contributed by atoms with Crippen LogP contribution in [0.15, 0.2) is 12.4 Å². The molecule has 0 unspecified atom stereocenters. The zero-order valence-corrected chi connectivity index (χ0v) is 13.2.